The van der Waals surface area contributed by atoms with Gasteiger partial charge in [0.25, 0.3) is 5.91 Å². The summed E-state index contributed by atoms with van der Waals surface area (Å²) >= 11 is 3.16. The van der Waals surface area contributed by atoms with E-state index in [0.29, 0.717) is 10.6 Å². The normalized spacial score (nSPS) is 10.4. The molecule has 1 aromatic carbocycles. The Morgan fingerprint density at radius 2 is 1.94 bits per heavy atom. The van der Waals surface area contributed by atoms with Crippen molar-refractivity contribution in [1.82, 2.24) is 4.57 Å². The lowest BCUT2D eigenvalue weighted by Crippen LogP contribution is -2.12. The molecule has 1 amide bonds. The van der Waals surface area contributed by atoms with Crippen LogP contribution in [-0.2, 0) is 7.05 Å². The quantitative estimate of drug-likeness (QED) is 0.822. The molecule has 0 unspecified atom stereocenters. The van der Waals surface area contributed by atoms with Crippen molar-refractivity contribution in [3.05, 3.63) is 48.1 Å². The van der Waals surface area contributed by atoms with E-state index < -0.39 is 0 Å². The smallest absolute Gasteiger partial charge is 0.307 e. The van der Waals surface area contributed by atoms with Gasteiger partial charge in [0, 0.05) is 22.0 Å². The maximum absolute atomic E-state index is 12.0. The number of benzene rings is 1. The number of anilines is 1. The summed E-state index contributed by atoms with van der Waals surface area (Å²) in [6, 6.07) is 7.49. The molecular formula is C12H11IN2O2S. The number of halogens is 1. The van der Waals surface area contributed by atoms with Crippen molar-refractivity contribution in [3.8, 4) is 0 Å². The van der Waals surface area contributed by atoms with Crippen LogP contribution in [0.25, 0.3) is 0 Å². The van der Waals surface area contributed by atoms with Crippen molar-refractivity contribution in [1.29, 1.82) is 0 Å². The maximum atomic E-state index is 12.0. The third-order valence-corrected chi connectivity index (χ3v) is 4.46. The van der Waals surface area contributed by atoms with Crippen LogP contribution in [0.1, 0.15) is 15.4 Å². The van der Waals surface area contributed by atoms with Crippen molar-refractivity contribution in [3.63, 3.8) is 0 Å². The molecule has 0 atom stereocenters. The number of amides is 1. The Balaban J connectivity index is 2.24. The number of nitrogens with one attached hydrogen (secondary N) is 1. The van der Waals surface area contributed by atoms with Crippen LogP contribution in [0.15, 0.2) is 29.1 Å². The summed E-state index contributed by atoms with van der Waals surface area (Å²) < 4.78 is 2.58. The molecule has 0 radical (unpaired) electrons. The zero-order chi connectivity index (χ0) is 13.3. The first-order valence-electron chi connectivity index (χ1n) is 5.22. The molecule has 0 fully saturated rings. The largest absolute Gasteiger partial charge is 0.321 e. The predicted octanol–water partition coefficient (Wildman–Crippen LogP) is 2.61. The van der Waals surface area contributed by atoms with Gasteiger partial charge < -0.3 is 9.88 Å². The first kappa shape index (κ1) is 13.3. The Bertz CT molecular complexity index is 643. The summed E-state index contributed by atoms with van der Waals surface area (Å²) in [5.74, 6) is -0.239. The van der Waals surface area contributed by atoms with Crippen LogP contribution in [0.2, 0.25) is 0 Å². The minimum atomic E-state index is -0.239. The van der Waals surface area contributed by atoms with Gasteiger partial charge in [0.15, 0.2) is 0 Å². The summed E-state index contributed by atoms with van der Waals surface area (Å²) in [5.41, 5.74) is 1.41. The van der Waals surface area contributed by atoms with E-state index >= 15 is 0 Å². The summed E-state index contributed by atoms with van der Waals surface area (Å²) in [7, 11) is 1.66. The number of hydrogen-bond acceptors (Lipinski definition) is 3. The van der Waals surface area contributed by atoms with Gasteiger partial charge in [-0.2, -0.15) is 0 Å². The van der Waals surface area contributed by atoms with E-state index in [0.717, 1.165) is 20.6 Å². The lowest BCUT2D eigenvalue weighted by atomic mass is 10.3. The lowest BCUT2D eigenvalue weighted by molar-refractivity contribution is 0.102. The molecule has 18 heavy (non-hydrogen) atoms. The highest BCUT2D eigenvalue weighted by Gasteiger charge is 2.15. The Labute approximate surface area is 122 Å². The van der Waals surface area contributed by atoms with Gasteiger partial charge in [-0.05, 0) is 53.8 Å². The van der Waals surface area contributed by atoms with Crippen LogP contribution >= 0.6 is 33.9 Å². The van der Waals surface area contributed by atoms with Crippen LogP contribution < -0.4 is 10.2 Å². The fourth-order valence-corrected chi connectivity index (χ4v) is 2.69. The molecule has 0 aliphatic carbocycles. The molecule has 0 aliphatic rings. The molecule has 2 rings (SSSR count). The van der Waals surface area contributed by atoms with Gasteiger partial charge >= 0.3 is 4.87 Å². The minimum absolute atomic E-state index is 0.125. The SMILES string of the molecule is Cc1c(C(=O)Nc2ccc(I)cc2)sc(=O)n1C. The van der Waals surface area contributed by atoms with Gasteiger partial charge in [0.1, 0.15) is 4.88 Å². The molecular weight excluding hydrogens is 363 g/mol. The molecule has 0 bridgehead atoms. The third kappa shape index (κ3) is 2.64. The van der Waals surface area contributed by atoms with E-state index in [9.17, 15) is 9.59 Å². The first-order chi connectivity index (χ1) is 8.49. The second-order valence-electron chi connectivity index (χ2n) is 3.80. The van der Waals surface area contributed by atoms with Gasteiger partial charge in [-0.3, -0.25) is 9.59 Å². The monoisotopic (exact) mass is 374 g/mol. The Morgan fingerprint density at radius 1 is 1.33 bits per heavy atom. The number of rotatable bonds is 2. The molecule has 1 aromatic heterocycles. The predicted molar refractivity (Wildman–Crippen MR) is 81.4 cm³/mol. The number of carbonyl (C=O) groups is 1. The highest BCUT2D eigenvalue weighted by Crippen LogP contribution is 2.15. The molecule has 0 saturated carbocycles. The van der Waals surface area contributed by atoms with Crippen molar-refractivity contribution in [2.75, 3.05) is 5.32 Å². The molecule has 6 heteroatoms. The average Bonchev–Trinajstić information content (AvgIpc) is 2.60. The average molecular weight is 374 g/mol. The zero-order valence-corrected chi connectivity index (χ0v) is 12.8. The second kappa shape index (κ2) is 5.23. The minimum Gasteiger partial charge on any atom is -0.321 e. The molecule has 94 valence electrons. The number of thiazole rings is 1. The molecule has 0 aliphatic heterocycles. The van der Waals surface area contributed by atoms with E-state index in [1.807, 2.05) is 24.3 Å². The van der Waals surface area contributed by atoms with E-state index in [1.54, 1.807) is 14.0 Å². The Hall–Kier alpha value is -1.15. The number of nitrogens with zero attached hydrogens (tertiary/aromatic N) is 1. The van der Waals surface area contributed by atoms with Crippen molar-refractivity contribution >= 4 is 45.5 Å². The standard InChI is InChI=1S/C12H11IN2O2S/c1-7-10(18-12(17)15(7)2)11(16)14-9-5-3-8(13)4-6-9/h3-6H,1-2H3,(H,14,16). The molecule has 2 aromatic rings. The van der Waals surface area contributed by atoms with Crippen molar-refractivity contribution in [2.24, 2.45) is 7.05 Å². The highest BCUT2D eigenvalue weighted by atomic mass is 127. The van der Waals surface area contributed by atoms with Crippen molar-refractivity contribution < 1.29 is 4.79 Å². The van der Waals surface area contributed by atoms with Crippen LogP contribution in [-0.4, -0.2) is 10.5 Å². The molecule has 4 nitrogen and oxygen atoms in total. The van der Waals surface area contributed by atoms with Crippen LogP contribution in [0.5, 0.6) is 0 Å². The molecule has 0 spiro atoms. The van der Waals surface area contributed by atoms with Crippen LogP contribution in [0.3, 0.4) is 0 Å². The Morgan fingerprint density at radius 3 is 2.44 bits per heavy atom. The highest BCUT2D eigenvalue weighted by molar-refractivity contribution is 14.1. The molecule has 1 N–H and O–H groups in total. The summed E-state index contributed by atoms with van der Waals surface area (Å²) in [6.45, 7) is 1.76. The topological polar surface area (TPSA) is 51.1 Å². The lowest BCUT2D eigenvalue weighted by Gasteiger charge is -2.04. The van der Waals surface area contributed by atoms with E-state index in [1.165, 1.54) is 4.57 Å². The summed E-state index contributed by atoms with van der Waals surface area (Å²) in [5, 5.41) is 2.78. The number of hydrogen-bond donors (Lipinski definition) is 1. The number of carbonyl (C=O) groups excluding carboxylic acids is 1. The molecule has 1 heterocycles. The van der Waals surface area contributed by atoms with E-state index in [4.69, 9.17) is 0 Å². The van der Waals surface area contributed by atoms with Crippen molar-refractivity contribution in [2.45, 2.75) is 6.92 Å². The second-order valence-corrected chi connectivity index (χ2v) is 6.01. The van der Waals surface area contributed by atoms with E-state index in [-0.39, 0.29) is 10.8 Å². The fourth-order valence-electron chi connectivity index (χ4n) is 1.45. The summed E-state index contributed by atoms with van der Waals surface area (Å²) in [4.78, 5) is 23.8. The van der Waals surface area contributed by atoms with Gasteiger partial charge in [0.2, 0.25) is 0 Å². The zero-order valence-electron chi connectivity index (χ0n) is 9.86. The van der Waals surface area contributed by atoms with Crippen LogP contribution in [0.4, 0.5) is 5.69 Å². The summed E-state index contributed by atoms with van der Waals surface area (Å²) in [6.07, 6.45) is 0. The number of aromatic nitrogens is 1. The van der Waals surface area contributed by atoms with Gasteiger partial charge in [0.05, 0.1) is 0 Å². The Kier molecular flexibility index (Phi) is 3.86. The fraction of sp³-hybridized carbons (Fsp3) is 0.167. The van der Waals surface area contributed by atoms with Gasteiger partial charge in [-0.15, -0.1) is 0 Å². The van der Waals surface area contributed by atoms with E-state index in [2.05, 4.69) is 27.9 Å². The third-order valence-electron chi connectivity index (χ3n) is 2.60. The van der Waals surface area contributed by atoms with Crippen LogP contribution in [0, 0.1) is 10.5 Å². The maximum Gasteiger partial charge on any atom is 0.307 e. The first-order valence-corrected chi connectivity index (χ1v) is 7.12. The van der Waals surface area contributed by atoms with Gasteiger partial charge in [-0.25, -0.2) is 0 Å². The van der Waals surface area contributed by atoms with Gasteiger partial charge in [-0.1, -0.05) is 11.3 Å². The molecule has 0 saturated heterocycles.